The summed E-state index contributed by atoms with van der Waals surface area (Å²) in [4.78, 5) is 25.8. The third kappa shape index (κ3) is 2.39. The van der Waals surface area contributed by atoms with E-state index in [2.05, 4.69) is 18.2 Å². The number of aliphatic hydroxyl groups excluding tert-OH is 2. The number of rotatable bonds is 6. The highest BCUT2D eigenvalue weighted by molar-refractivity contribution is 5.90. The molecule has 108 valence electrons. The first kappa shape index (κ1) is 15.8. The zero-order valence-corrected chi connectivity index (χ0v) is 10.5. The maximum absolute atomic E-state index is 11.4. The van der Waals surface area contributed by atoms with Crippen molar-refractivity contribution in [3.8, 4) is 0 Å². The summed E-state index contributed by atoms with van der Waals surface area (Å²) in [6, 6.07) is -1.56. The molecule has 0 radical (unpaired) electrons. The first-order valence-electron chi connectivity index (χ1n) is 5.53. The van der Waals surface area contributed by atoms with Gasteiger partial charge in [0.05, 0.1) is 0 Å². The van der Waals surface area contributed by atoms with Crippen LogP contribution in [-0.4, -0.2) is 61.7 Å². The van der Waals surface area contributed by atoms with Crippen LogP contribution in [0.3, 0.4) is 0 Å². The van der Waals surface area contributed by atoms with E-state index in [1.165, 1.54) is 0 Å². The first-order chi connectivity index (χ1) is 9.31. The van der Waals surface area contributed by atoms with Gasteiger partial charge in [-0.2, -0.15) is 4.99 Å². The molecular weight excluding hydrogens is 268 g/mol. The van der Waals surface area contributed by atoms with Gasteiger partial charge >= 0.3 is 11.9 Å². The Hall–Kier alpha value is -2.29. The fraction of sp³-hybridized carbons (Fsp3) is 0.250. The highest BCUT2D eigenvalue weighted by Crippen LogP contribution is 2.27. The standard InChI is InChI=1S/C12H14N2O6/c1-3-9(15)14(10(16)4-2)6-13-7(11(17)18)5-8(14)12(19)20/h3-6,8-10,15-16H,1-2H2,(H-,17,18,19,20)/p+1. The number of nitrogens with zero attached hydrogens (tertiary/aromatic N) is 2. The molecular formula is C12H15N2O6+. The molecule has 3 unspecified atom stereocenters. The number of aliphatic imine (C=N–C) groups is 1. The van der Waals surface area contributed by atoms with Crippen LogP contribution < -0.4 is 0 Å². The van der Waals surface area contributed by atoms with Crippen LogP contribution in [0.15, 0.2) is 42.1 Å². The van der Waals surface area contributed by atoms with E-state index in [0.717, 1.165) is 24.6 Å². The van der Waals surface area contributed by atoms with Gasteiger partial charge in [-0.25, -0.2) is 14.1 Å². The minimum absolute atomic E-state index is 0.487. The van der Waals surface area contributed by atoms with Crippen LogP contribution in [0.25, 0.3) is 0 Å². The number of quaternary nitrogens is 1. The topological polar surface area (TPSA) is 127 Å². The van der Waals surface area contributed by atoms with Crippen molar-refractivity contribution in [3.63, 3.8) is 0 Å². The van der Waals surface area contributed by atoms with Gasteiger partial charge in [0, 0.05) is 6.08 Å². The van der Waals surface area contributed by atoms with Gasteiger partial charge in [-0.05, 0) is 12.2 Å². The van der Waals surface area contributed by atoms with Crippen LogP contribution in [0.2, 0.25) is 0 Å². The summed E-state index contributed by atoms with van der Waals surface area (Å²) in [5, 5.41) is 38.1. The van der Waals surface area contributed by atoms with Crippen LogP contribution >= 0.6 is 0 Å². The number of carboxylic acid groups (broad SMARTS) is 2. The van der Waals surface area contributed by atoms with Crippen LogP contribution in [0.1, 0.15) is 0 Å². The Labute approximate surface area is 114 Å². The Kier molecular flexibility index (Phi) is 4.56. The minimum Gasteiger partial charge on any atom is -0.477 e. The number of carboxylic acids is 2. The Morgan fingerprint density at radius 1 is 1.25 bits per heavy atom. The zero-order chi connectivity index (χ0) is 15.5. The van der Waals surface area contributed by atoms with Gasteiger partial charge in [0.1, 0.15) is 0 Å². The third-order valence-corrected chi connectivity index (χ3v) is 3.00. The van der Waals surface area contributed by atoms with Gasteiger partial charge in [0.15, 0.2) is 12.0 Å². The quantitative estimate of drug-likeness (QED) is 0.376. The molecule has 4 N–H and O–H groups in total. The van der Waals surface area contributed by atoms with E-state index < -0.39 is 40.6 Å². The predicted molar refractivity (Wildman–Crippen MR) is 68.3 cm³/mol. The third-order valence-electron chi connectivity index (χ3n) is 3.00. The van der Waals surface area contributed by atoms with Crippen molar-refractivity contribution in [2.75, 3.05) is 0 Å². The SMILES string of the molecule is C=CC(O)[N+]1(C(O)C=C)C=NC(C(=O)O)=CC1C(=O)O. The fourth-order valence-corrected chi connectivity index (χ4v) is 1.93. The molecule has 0 aromatic heterocycles. The van der Waals surface area contributed by atoms with E-state index in [1.807, 2.05) is 0 Å². The minimum atomic E-state index is -1.56. The summed E-state index contributed by atoms with van der Waals surface area (Å²) in [5.41, 5.74) is -0.487. The molecule has 0 fully saturated rings. The van der Waals surface area contributed by atoms with Crippen LogP contribution in [-0.2, 0) is 9.59 Å². The molecule has 0 aromatic carbocycles. The summed E-state index contributed by atoms with van der Waals surface area (Å²) in [5.74, 6) is -2.84. The van der Waals surface area contributed by atoms with Gasteiger partial charge in [0.25, 0.3) is 0 Å². The summed E-state index contributed by atoms with van der Waals surface area (Å²) in [6.07, 6.45) is 0.743. The van der Waals surface area contributed by atoms with Crippen molar-refractivity contribution >= 4 is 18.3 Å². The lowest BCUT2D eigenvalue weighted by molar-refractivity contribution is -0.924. The maximum Gasteiger partial charge on any atom is 0.367 e. The molecule has 1 rings (SSSR count). The Balaban J connectivity index is 3.47. The van der Waals surface area contributed by atoms with Crippen molar-refractivity contribution in [2.45, 2.75) is 18.5 Å². The van der Waals surface area contributed by atoms with Gasteiger partial charge in [-0.15, -0.1) is 0 Å². The fourth-order valence-electron chi connectivity index (χ4n) is 1.93. The number of carbonyl (C=O) groups is 2. The smallest absolute Gasteiger partial charge is 0.367 e. The summed E-state index contributed by atoms with van der Waals surface area (Å²) >= 11 is 0. The Morgan fingerprint density at radius 3 is 2.10 bits per heavy atom. The summed E-state index contributed by atoms with van der Waals surface area (Å²) in [6.45, 7) is 6.69. The van der Waals surface area contributed by atoms with Crippen LogP contribution in [0.5, 0.6) is 0 Å². The number of aliphatic hydroxyl groups is 2. The second-order valence-electron chi connectivity index (χ2n) is 4.08. The molecule has 20 heavy (non-hydrogen) atoms. The van der Waals surface area contributed by atoms with Gasteiger partial charge < -0.3 is 20.4 Å². The maximum atomic E-state index is 11.4. The number of aliphatic carboxylic acids is 2. The molecule has 0 bridgehead atoms. The van der Waals surface area contributed by atoms with Crippen molar-refractivity contribution in [1.29, 1.82) is 0 Å². The van der Waals surface area contributed by atoms with E-state index >= 15 is 0 Å². The Morgan fingerprint density at radius 2 is 1.75 bits per heavy atom. The average Bonchev–Trinajstić information content (AvgIpc) is 2.44. The van der Waals surface area contributed by atoms with Crippen molar-refractivity contribution in [1.82, 2.24) is 0 Å². The average molecular weight is 283 g/mol. The Bertz CT molecular complexity index is 496. The zero-order valence-electron chi connectivity index (χ0n) is 10.5. The molecule has 0 aliphatic carbocycles. The predicted octanol–water partition coefficient (Wildman–Crippen LogP) is -0.724. The highest BCUT2D eigenvalue weighted by atomic mass is 16.4. The van der Waals surface area contributed by atoms with Crippen molar-refractivity contribution < 1.29 is 34.5 Å². The van der Waals surface area contributed by atoms with E-state index in [1.54, 1.807) is 0 Å². The number of hydrogen-bond donors (Lipinski definition) is 4. The second kappa shape index (κ2) is 5.78. The molecule has 0 aromatic rings. The molecule has 3 atom stereocenters. The molecule has 8 nitrogen and oxygen atoms in total. The van der Waals surface area contributed by atoms with Crippen molar-refractivity contribution in [3.05, 3.63) is 37.1 Å². The molecule has 1 heterocycles. The second-order valence-corrected chi connectivity index (χ2v) is 4.08. The highest BCUT2D eigenvalue weighted by Gasteiger charge is 2.51. The molecule has 1 aliphatic rings. The van der Waals surface area contributed by atoms with Crippen LogP contribution in [0, 0.1) is 0 Å². The molecule has 0 saturated heterocycles. The largest absolute Gasteiger partial charge is 0.477 e. The van der Waals surface area contributed by atoms with E-state index in [-0.39, 0.29) is 0 Å². The molecule has 0 amide bonds. The lowest BCUT2D eigenvalue weighted by Crippen LogP contribution is -2.67. The summed E-state index contributed by atoms with van der Waals surface area (Å²) < 4.78 is -0.959. The van der Waals surface area contributed by atoms with Crippen molar-refractivity contribution in [2.24, 2.45) is 4.99 Å². The van der Waals surface area contributed by atoms with E-state index in [4.69, 9.17) is 5.11 Å². The first-order valence-corrected chi connectivity index (χ1v) is 5.53. The normalized spacial score (nSPS) is 28.1. The molecule has 0 saturated carbocycles. The molecule has 0 spiro atoms. The van der Waals surface area contributed by atoms with E-state index in [9.17, 15) is 24.9 Å². The van der Waals surface area contributed by atoms with Crippen LogP contribution in [0.4, 0.5) is 0 Å². The van der Waals surface area contributed by atoms with Gasteiger partial charge in [-0.1, -0.05) is 13.2 Å². The number of hydrogen-bond acceptors (Lipinski definition) is 5. The van der Waals surface area contributed by atoms with E-state index in [0.29, 0.717) is 0 Å². The van der Waals surface area contributed by atoms with Gasteiger partial charge in [-0.3, -0.25) is 0 Å². The monoisotopic (exact) mass is 283 g/mol. The lowest BCUT2D eigenvalue weighted by atomic mass is 10.1. The lowest BCUT2D eigenvalue weighted by Gasteiger charge is -2.43. The van der Waals surface area contributed by atoms with Gasteiger partial charge in [0.2, 0.25) is 18.5 Å². The molecule has 1 aliphatic heterocycles. The summed E-state index contributed by atoms with van der Waals surface area (Å²) in [7, 11) is 0. The molecule has 8 heteroatoms.